The first-order valence-electron chi connectivity index (χ1n) is 8.12. The standard InChI is InChI=1S/C16H17N3O4S/c20-6-8-5-11-10(7-23-8)17-15(21)19(11)16-18-14-9-3-4-22-12(9)1-2-13(14)24-16/h1-2,8,10-11,20H,3-7H2,(H,17,21)/t8-,10+,11-/m1/s1. The number of rotatable bonds is 2. The second kappa shape index (κ2) is 5.30. The van der Waals surface area contributed by atoms with E-state index in [1.807, 2.05) is 12.1 Å². The smallest absolute Gasteiger partial charge is 0.324 e. The fourth-order valence-electron chi connectivity index (χ4n) is 3.77. The zero-order chi connectivity index (χ0) is 16.3. The van der Waals surface area contributed by atoms with Crippen LogP contribution in [-0.2, 0) is 11.2 Å². The summed E-state index contributed by atoms with van der Waals surface area (Å²) in [5.41, 5.74) is 2.07. The molecule has 126 valence electrons. The van der Waals surface area contributed by atoms with Crippen molar-refractivity contribution in [3.05, 3.63) is 17.7 Å². The Labute approximate surface area is 142 Å². The summed E-state index contributed by atoms with van der Waals surface area (Å²) < 4.78 is 12.2. The SMILES string of the molecule is O=C1N[C@H]2CO[C@@H](CO)C[C@H]2N1c1nc2c3c(ccc2s1)OCC3. The average molecular weight is 347 g/mol. The highest BCUT2D eigenvalue weighted by Crippen LogP contribution is 2.40. The van der Waals surface area contributed by atoms with Crippen LogP contribution in [0.15, 0.2) is 12.1 Å². The molecule has 0 spiro atoms. The molecule has 0 aliphatic carbocycles. The van der Waals surface area contributed by atoms with Gasteiger partial charge < -0.3 is 19.9 Å². The van der Waals surface area contributed by atoms with Gasteiger partial charge in [-0.1, -0.05) is 11.3 Å². The van der Waals surface area contributed by atoms with E-state index >= 15 is 0 Å². The van der Waals surface area contributed by atoms with Crippen LogP contribution in [0.5, 0.6) is 5.75 Å². The molecule has 0 saturated carbocycles. The van der Waals surface area contributed by atoms with Crippen molar-refractivity contribution in [2.24, 2.45) is 0 Å². The number of nitrogens with one attached hydrogen (secondary N) is 1. The van der Waals surface area contributed by atoms with Crippen LogP contribution in [0.1, 0.15) is 12.0 Å². The number of benzene rings is 1. The number of urea groups is 1. The van der Waals surface area contributed by atoms with Crippen molar-refractivity contribution >= 4 is 32.7 Å². The lowest BCUT2D eigenvalue weighted by molar-refractivity contribution is -0.0318. The van der Waals surface area contributed by atoms with Crippen LogP contribution in [0.3, 0.4) is 0 Å². The number of nitrogens with zero attached hydrogens (tertiary/aromatic N) is 2. The van der Waals surface area contributed by atoms with Crippen molar-refractivity contribution in [3.8, 4) is 5.75 Å². The number of ether oxygens (including phenoxy) is 2. The van der Waals surface area contributed by atoms with Crippen molar-refractivity contribution < 1.29 is 19.4 Å². The van der Waals surface area contributed by atoms with Crippen LogP contribution in [-0.4, -0.2) is 54.1 Å². The van der Waals surface area contributed by atoms with E-state index in [9.17, 15) is 9.90 Å². The Morgan fingerprint density at radius 2 is 2.38 bits per heavy atom. The lowest BCUT2D eigenvalue weighted by Crippen LogP contribution is -2.48. The maximum absolute atomic E-state index is 12.5. The van der Waals surface area contributed by atoms with Gasteiger partial charge in [0, 0.05) is 12.0 Å². The Morgan fingerprint density at radius 3 is 3.25 bits per heavy atom. The largest absolute Gasteiger partial charge is 0.493 e. The predicted octanol–water partition coefficient (Wildman–Crippen LogP) is 1.28. The van der Waals surface area contributed by atoms with Crippen LogP contribution >= 0.6 is 11.3 Å². The van der Waals surface area contributed by atoms with Crippen LogP contribution in [0, 0.1) is 0 Å². The summed E-state index contributed by atoms with van der Waals surface area (Å²) in [4.78, 5) is 19.0. The first-order valence-corrected chi connectivity index (χ1v) is 8.93. The molecule has 3 aliphatic heterocycles. The Bertz CT molecular complexity index is 823. The van der Waals surface area contributed by atoms with E-state index in [1.54, 1.807) is 4.90 Å². The summed E-state index contributed by atoms with van der Waals surface area (Å²) in [5.74, 6) is 0.898. The monoisotopic (exact) mass is 347 g/mol. The molecule has 1 aromatic heterocycles. The fraction of sp³-hybridized carbons (Fsp3) is 0.500. The van der Waals surface area contributed by atoms with Gasteiger partial charge in [0.1, 0.15) is 5.75 Å². The molecule has 2 saturated heterocycles. The first-order chi connectivity index (χ1) is 11.7. The van der Waals surface area contributed by atoms with Crippen molar-refractivity contribution in [3.63, 3.8) is 0 Å². The molecule has 1 aromatic carbocycles. The van der Waals surface area contributed by atoms with Crippen molar-refractivity contribution in [2.45, 2.75) is 31.0 Å². The number of carbonyl (C=O) groups excluding carboxylic acids is 1. The normalized spacial score (nSPS) is 28.6. The zero-order valence-corrected chi connectivity index (χ0v) is 13.7. The third-order valence-electron chi connectivity index (χ3n) is 4.97. The number of carbonyl (C=O) groups is 1. The summed E-state index contributed by atoms with van der Waals surface area (Å²) in [6.45, 7) is 1.08. The van der Waals surface area contributed by atoms with E-state index in [0.717, 1.165) is 28.0 Å². The quantitative estimate of drug-likeness (QED) is 0.855. The van der Waals surface area contributed by atoms with E-state index in [2.05, 4.69) is 5.32 Å². The topological polar surface area (TPSA) is 83.9 Å². The maximum Gasteiger partial charge on any atom is 0.324 e. The molecule has 0 unspecified atom stereocenters. The van der Waals surface area contributed by atoms with Gasteiger partial charge in [0.2, 0.25) is 0 Å². The number of aliphatic hydroxyl groups is 1. The van der Waals surface area contributed by atoms with Gasteiger partial charge in [0.25, 0.3) is 0 Å². The minimum Gasteiger partial charge on any atom is -0.493 e. The van der Waals surface area contributed by atoms with Crippen molar-refractivity contribution in [2.75, 3.05) is 24.7 Å². The summed E-state index contributed by atoms with van der Waals surface area (Å²) in [6, 6.07) is 3.76. The van der Waals surface area contributed by atoms with E-state index in [4.69, 9.17) is 14.5 Å². The van der Waals surface area contributed by atoms with Crippen LogP contribution in [0.4, 0.5) is 9.93 Å². The summed E-state index contributed by atoms with van der Waals surface area (Å²) in [6.07, 6.45) is 1.24. The minimum absolute atomic E-state index is 0.0318. The molecule has 2 N–H and O–H groups in total. The molecule has 0 bridgehead atoms. The molecule has 4 heterocycles. The Balaban J connectivity index is 1.55. The molecule has 3 atom stereocenters. The van der Waals surface area contributed by atoms with Gasteiger partial charge in [-0.15, -0.1) is 0 Å². The van der Waals surface area contributed by atoms with Crippen LogP contribution in [0.2, 0.25) is 0 Å². The molecule has 2 aromatic rings. The van der Waals surface area contributed by atoms with Gasteiger partial charge in [0.15, 0.2) is 5.13 Å². The second-order valence-electron chi connectivity index (χ2n) is 6.35. The third-order valence-corrected chi connectivity index (χ3v) is 5.99. The summed E-state index contributed by atoms with van der Waals surface area (Å²) in [5, 5.41) is 13.0. The van der Waals surface area contributed by atoms with E-state index in [1.165, 1.54) is 11.3 Å². The Morgan fingerprint density at radius 1 is 1.46 bits per heavy atom. The molecule has 2 fully saturated rings. The molecule has 24 heavy (non-hydrogen) atoms. The predicted molar refractivity (Wildman–Crippen MR) is 88.8 cm³/mol. The van der Waals surface area contributed by atoms with Crippen molar-refractivity contribution in [1.82, 2.24) is 10.3 Å². The van der Waals surface area contributed by atoms with E-state index in [-0.39, 0.29) is 30.8 Å². The van der Waals surface area contributed by atoms with Crippen LogP contribution in [0.25, 0.3) is 10.2 Å². The van der Waals surface area contributed by atoms with E-state index in [0.29, 0.717) is 24.8 Å². The molecule has 2 amide bonds. The third kappa shape index (κ3) is 2.03. The highest BCUT2D eigenvalue weighted by atomic mass is 32.1. The minimum atomic E-state index is -0.228. The number of aromatic nitrogens is 1. The lowest BCUT2D eigenvalue weighted by Gasteiger charge is -2.33. The van der Waals surface area contributed by atoms with Gasteiger partial charge in [-0.05, 0) is 18.6 Å². The summed E-state index contributed by atoms with van der Waals surface area (Å²) in [7, 11) is 0. The molecule has 3 aliphatic rings. The van der Waals surface area contributed by atoms with Gasteiger partial charge >= 0.3 is 6.03 Å². The van der Waals surface area contributed by atoms with Gasteiger partial charge in [-0.3, -0.25) is 4.90 Å². The number of hydrogen-bond acceptors (Lipinski definition) is 6. The molecule has 0 radical (unpaired) electrons. The number of hydrogen-bond donors (Lipinski definition) is 2. The fourth-order valence-corrected chi connectivity index (χ4v) is 4.82. The summed E-state index contributed by atoms with van der Waals surface area (Å²) >= 11 is 1.52. The Hall–Kier alpha value is -1.90. The number of aliphatic hydroxyl groups excluding tert-OH is 1. The molecule has 8 heteroatoms. The number of anilines is 1. The highest BCUT2D eigenvalue weighted by Gasteiger charge is 2.45. The van der Waals surface area contributed by atoms with Gasteiger partial charge in [-0.2, -0.15) is 0 Å². The number of fused-ring (bicyclic) bond motifs is 4. The molecule has 5 rings (SSSR count). The lowest BCUT2D eigenvalue weighted by atomic mass is 10.00. The zero-order valence-electron chi connectivity index (χ0n) is 12.9. The maximum atomic E-state index is 12.5. The first kappa shape index (κ1) is 14.4. The van der Waals surface area contributed by atoms with Crippen molar-refractivity contribution in [1.29, 1.82) is 0 Å². The van der Waals surface area contributed by atoms with Crippen LogP contribution < -0.4 is 15.0 Å². The average Bonchev–Trinajstić information content (AvgIpc) is 3.28. The van der Waals surface area contributed by atoms with Gasteiger partial charge in [-0.25, -0.2) is 9.78 Å². The number of thiazole rings is 1. The second-order valence-corrected chi connectivity index (χ2v) is 7.36. The highest BCUT2D eigenvalue weighted by molar-refractivity contribution is 7.22. The van der Waals surface area contributed by atoms with Gasteiger partial charge in [0.05, 0.1) is 48.2 Å². The molecular formula is C16H17N3O4S. The molecule has 7 nitrogen and oxygen atoms in total. The Kier molecular flexibility index (Phi) is 3.19. The number of amides is 2. The van der Waals surface area contributed by atoms with E-state index < -0.39 is 0 Å². The molecular weight excluding hydrogens is 330 g/mol.